The van der Waals surface area contributed by atoms with Crippen molar-refractivity contribution in [3.8, 4) is 0 Å². The SMILES string of the molecule is C=CCn1c([C@H]2CCS(=O)(=O)C2)nn(C[NH+](C)Cc2cccc(F)c2)c1=S. The fraction of sp³-hybridized carbons (Fsp3) is 0.444. The van der Waals surface area contributed by atoms with E-state index in [1.54, 1.807) is 16.8 Å². The van der Waals surface area contributed by atoms with Gasteiger partial charge in [0.15, 0.2) is 16.5 Å². The first kappa shape index (κ1) is 19.9. The second kappa shape index (κ2) is 8.04. The van der Waals surface area contributed by atoms with Crippen LogP contribution in [0.5, 0.6) is 0 Å². The van der Waals surface area contributed by atoms with E-state index in [-0.39, 0.29) is 23.2 Å². The second-order valence-electron chi connectivity index (χ2n) is 7.06. The van der Waals surface area contributed by atoms with Crippen molar-refractivity contribution in [2.24, 2.45) is 0 Å². The summed E-state index contributed by atoms with van der Waals surface area (Å²) in [6.07, 6.45) is 2.30. The minimum absolute atomic E-state index is 0.113. The van der Waals surface area contributed by atoms with Crippen molar-refractivity contribution in [2.75, 3.05) is 18.6 Å². The largest absolute Gasteiger partial charge is 0.315 e. The van der Waals surface area contributed by atoms with Gasteiger partial charge in [-0.05, 0) is 30.8 Å². The molecule has 146 valence electrons. The lowest BCUT2D eigenvalue weighted by Crippen LogP contribution is -3.07. The van der Waals surface area contributed by atoms with Gasteiger partial charge in [0.1, 0.15) is 18.2 Å². The molecule has 1 N–H and O–H groups in total. The number of quaternary nitrogens is 1. The molecule has 3 rings (SSSR count). The van der Waals surface area contributed by atoms with E-state index in [2.05, 4.69) is 11.7 Å². The van der Waals surface area contributed by atoms with Crippen LogP contribution in [-0.2, 0) is 29.6 Å². The van der Waals surface area contributed by atoms with Crippen LogP contribution in [0.15, 0.2) is 36.9 Å². The van der Waals surface area contributed by atoms with Gasteiger partial charge in [0.2, 0.25) is 4.77 Å². The highest BCUT2D eigenvalue weighted by Gasteiger charge is 2.33. The minimum atomic E-state index is -3.01. The number of nitrogens with zero attached hydrogens (tertiary/aromatic N) is 3. The lowest BCUT2D eigenvalue weighted by molar-refractivity contribution is -0.917. The first-order valence-corrected chi connectivity index (χ1v) is 11.1. The Balaban J connectivity index is 1.82. The second-order valence-corrected chi connectivity index (χ2v) is 9.66. The van der Waals surface area contributed by atoms with Crippen LogP contribution in [0.3, 0.4) is 0 Å². The molecule has 1 aromatic carbocycles. The molecule has 1 unspecified atom stereocenters. The van der Waals surface area contributed by atoms with Gasteiger partial charge in [0.05, 0.1) is 18.6 Å². The van der Waals surface area contributed by atoms with Crippen LogP contribution in [0.1, 0.15) is 23.7 Å². The van der Waals surface area contributed by atoms with Crippen LogP contribution in [0.4, 0.5) is 4.39 Å². The van der Waals surface area contributed by atoms with Crippen LogP contribution < -0.4 is 4.90 Å². The summed E-state index contributed by atoms with van der Waals surface area (Å²) in [5.41, 5.74) is 0.895. The number of allylic oxidation sites excluding steroid dienone is 1. The van der Waals surface area contributed by atoms with Gasteiger partial charge in [-0.2, -0.15) is 9.78 Å². The molecule has 1 aliphatic rings. The monoisotopic (exact) mass is 411 g/mol. The molecule has 0 saturated carbocycles. The van der Waals surface area contributed by atoms with Crippen LogP contribution in [0.25, 0.3) is 0 Å². The molecule has 9 heteroatoms. The molecule has 1 aliphatic heterocycles. The molecule has 1 saturated heterocycles. The van der Waals surface area contributed by atoms with Crippen LogP contribution >= 0.6 is 12.2 Å². The zero-order valence-corrected chi connectivity index (χ0v) is 16.9. The number of hydrogen-bond acceptors (Lipinski definition) is 4. The maximum Gasteiger partial charge on any atom is 0.203 e. The summed E-state index contributed by atoms with van der Waals surface area (Å²) >= 11 is 5.57. The lowest BCUT2D eigenvalue weighted by Gasteiger charge is -2.13. The summed E-state index contributed by atoms with van der Waals surface area (Å²) in [4.78, 5) is 1.09. The Kier molecular flexibility index (Phi) is 5.92. The average Bonchev–Trinajstić information content (AvgIpc) is 3.09. The Bertz CT molecular complexity index is 997. The molecule has 2 atom stereocenters. The normalized spacial score (nSPS) is 19.9. The summed E-state index contributed by atoms with van der Waals surface area (Å²) in [5.74, 6) is 0.621. The maximum absolute atomic E-state index is 13.4. The summed E-state index contributed by atoms with van der Waals surface area (Å²) in [6, 6.07) is 6.53. The Labute approximate surface area is 163 Å². The van der Waals surface area contributed by atoms with Crippen LogP contribution in [0.2, 0.25) is 0 Å². The fourth-order valence-electron chi connectivity index (χ4n) is 3.47. The Morgan fingerprint density at radius 1 is 1.48 bits per heavy atom. The highest BCUT2D eigenvalue weighted by molar-refractivity contribution is 7.91. The van der Waals surface area contributed by atoms with Crippen molar-refractivity contribution in [2.45, 2.75) is 32.1 Å². The topological polar surface area (TPSA) is 61.3 Å². The van der Waals surface area contributed by atoms with E-state index in [0.29, 0.717) is 36.8 Å². The van der Waals surface area contributed by atoms with Gasteiger partial charge in [-0.15, -0.1) is 6.58 Å². The predicted octanol–water partition coefficient (Wildman–Crippen LogP) is 1.31. The van der Waals surface area contributed by atoms with Gasteiger partial charge >= 0.3 is 0 Å². The van der Waals surface area contributed by atoms with Crippen molar-refractivity contribution >= 4 is 22.1 Å². The summed E-state index contributed by atoms with van der Waals surface area (Å²) in [5, 5.41) is 4.64. The lowest BCUT2D eigenvalue weighted by atomic mass is 10.1. The van der Waals surface area contributed by atoms with Crippen molar-refractivity contribution in [1.29, 1.82) is 0 Å². The number of aromatic nitrogens is 3. The van der Waals surface area contributed by atoms with Gasteiger partial charge in [-0.3, -0.25) is 4.57 Å². The standard InChI is InChI=1S/C18H23FN4O2S2/c1-3-8-22-17(15-7-9-27(24,25)12-15)20-23(18(22)26)13-21(2)11-14-5-4-6-16(19)10-14/h3-6,10,15H,1,7-9,11-13H2,2H3/p+1/t15-/m0/s1. The van der Waals surface area contributed by atoms with Crippen LogP contribution in [-0.4, -0.2) is 41.3 Å². The van der Waals surface area contributed by atoms with Crippen molar-refractivity contribution < 1.29 is 17.7 Å². The predicted molar refractivity (Wildman–Crippen MR) is 104 cm³/mol. The van der Waals surface area contributed by atoms with Crippen LogP contribution in [0, 0.1) is 10.6 Å². The highest BCUT2D eigenvalue weighted by Crippen LogP contribution is 2.28. The Hall–Kier alpha value is -1.84. The van der Waals surface area contributed by atoms with Gasteiger partial charge in [0, 0.05) is 18.0 Å². The third-order valence-corrected chi connectivity index (χ3v) is 6.87. The van der Waals surface area contributed by atoms with Crippen molar-refractivity contribution in [3.63, 3.8) is 0 Å². The van der Waals surface area contributed by atoms with Crippen molar-refractivity contribution in [3.05, 3.63) is 58.9 Å². The molecular weight excluding hydrogens is 387 g/mol. The van der Waals surface area contributed by atoms with Gasteiger partial charge < -0.3 is 4.90 Å². The third-order valence-electron chi connectivity index (χ3n) is 4.68. The van der Waals surface area contributed by atoms with E-state index in [1.807, 2.05) is 17.7 Å². The van der Waals surface area contributed by atoms with E-state index in [9.17, 15) is 12.8 Å². The summed E-state index contributed by atoms with van der Waals surface area (Å²) in [7, 11) is -1.02. The smallest absolute Gasteiger partial charge is 0.203 e. The van der Waals surface area contributed by atoms with Crippen molar-refractivity contribution in [1.82, 2.24) is 14.3 Å². The number of benzene rings is 1. The molecule has 2 heterocycles. The minimum Gasteiger partial charge on any atom is -0.315 e. The molecule has 0 bridgehead atoms. The molecule has 0 spiro atoms. The molecule has 0 radical (unpaired) electrons. The highest BCUT2D eigenvalue weighted by atomic mass is 32.2. The molecule has 2 aromatic rings. The molecule has 27 heavy (non-hydrogen) atoms. The van der Waals surface area contributed by atoms with Gasteiger partial charge in [-0.1, -0.05) is 18.2 Å². The van der Waals surface area contributed by atoms with E-state index in [0.717, 1.165) is 10.5 Å². The Morgan fingerprint density at radius 2 is 2.26 bits per heavy atom. The first-order chi connectivity index (χ1) is 12.8. The number of hydrogen-bond donors (Lipinski definition) is 1. The number of rotatable bonds is 7. The summed E-state index contributed by atoms with van der Waals surface area (Å²) in [6.45, 7) is 5.39. The zero-order valence-electron chi connectivity index (χ0n) is 15.3. The number of sulfone groups is 1. The molecule has 1 aromatic heterocycles. The summed E-state index contributed by atoms with van der Waals surface area (Å²) < 4.78 is 41.2. The average molecular weight is 412 g/mol. The first-order valence-electron chi connectivity index (χ1n) is 8.83. The molecule has 0 aliphatic carbocycles. The van der Waals surface area contributed by atoms with E-state index in [1.165, 1.54) is 12.1 Å². The molecule has 1 fully saturated rings. The number of nitrogens with one attached hydrogen (secondary N) is 1. The Morgan fingerprint density at radius 3 is 2.89 bits per heavy atom. The van der Waals surface area contributed by atoms with Gasteiger partial charge in [0.25, 0.3) is 0 Å². The maximum atomic E-state index is 13.4. The molecular formula is C18H24FN4O2S2+. The van der Waals surface area contributed by atoms with E-state index >= 15 is 0 Å². The van der Waals surface area contributed by atoms with E-state index < -0.39 is 9.84 Å². The van der Waals surface area contributed by atoms with Gasteiger partial charge in [-0.25, -0.2) is 12.8 Å². The molecule has 0 amide bonds. The third kappa shape index (κ3) is 4.72. The fourth-order valence-corrected chi connectivity index (χ4v) is 5.48. The zero-order chi connectivity index (χ0) is 19.6. The van der Waals surface area contributed by atoms with E-state index in [4.69, 9.17) is 12.2 Å². The quantitative estimate of drug-likeness (QED) is 0.551. The molecule has 6 nitrogen and oxygen atoms in total. The number of halogens is 1.